The molecule has 2 aromatic rings. The van der Waals surface area contributed by atoms with Crippen molar-refractivity contribution >= 4 is 17.0 Å². The van der Waals surface area contributed by atoms with Crippen LogP contribution in [0.2, 0.25) is 0 Å². The van der Waals surface area contributed by atoms with Crippen molar-refractivity contribution in [2.45, 2.75) is 12.5 Å². The normalized spacial score (nSPS) is 22.5. The van der Waals surface area contributed by atoms with E-state index in [0.29, 0.717) is 6.61 Å². The molecule has 17 heavy (non-hydrogen) atoms. The molecule has 1 atom stereocenters. The van der Waals surface area contributed by atoms with E-state index in [-0.39, 0.29) is 12.1 Å². The lowest BCUT2D eigenvalue weighted by atomic mass is 9.99. The van der Waals surface area contributed by atoms with Crippen molar-refractivity contribution in [1.29, 1.82) is 0 Å². The molecule has 1 N–H and O–H groups in total. The fourth-order valence-corrected chi connectivity index (χ4v) is 2.94. The standard InChI is InChI=1S/C13H12N2O2/c16-13-15-6-5-9-8-3-1-2-4-10(8)14-12(9)11(15)7-17-13/h1-4,11,14H,5-7H2/t11-/m1/s1. The molecule has 2 aliphatic heterocycles. The van der Waals surface area contributed by atoms with Crippen LogP contribution in [0.1, 0.15) is 17.3 Å². The summed E-state index contributed by atoms with van der Waals surface area (Å²) in [5.74, 6) is 0. The van der Waals surface area contributed by atoms with Crippen LogP contribution < -0.4 is 0 Å². The quantitative estimate of drug-likeness (QED) is 0.751. The van der Waals surface area contributed by atoms with Gasteiger partial charge in [-0.05, 0) is 18.1 Å². The molecule has 4 heteroatoms. The first-order chi connectivity index (χ1) is 8.34. The van der Waals surface area contributed by atoms with Crippen LogP contribution in [-0.4, -0.2) is 29.1 Å². The summed E-state index contributed by atoms with van der Waals surface area (Å²) in [6, 6.07) is 8.38. The van der Waals surface area contributed by atoms with Crippen LogP contribution in [0.15, 0.2) is 24.3 Å². The number of hydrogen-bond acceptors (Lipinski definition) is 2. The number of benzene rings is 1. The molecule has 0 saturated carbocycles. The zero-order valence-electron chi connectivity index (χ0n) is 9.27. The van der Waals surface area contributed by atoms with E-state index < -0.39 is 0 Å². The van der Waals surface area contributed by atoms with Crippen molar-refractivity contribution in [2.75, 3.05) is 13.2 Å². The van der Waals surface area contributed by atoms with Gasteiger partial charge in [-0.2, -0.15) is 0 Å². The van der Waals surface area contributed by atoms with Gasteiger partial charge in [0.15, 0.2) is 0 Å². The Hall–Kier alpha value is -1.97. The van der Waals surface area contributed by atoms with Crippen LogP contribution in [0, 0.1) is 0 Å². The molecule has 2 aliphatic rings. The van der Waals surface area contributed by atoms with Gasteiger partial charge in [0.05, 0.1) is 0 Å². The molecule has 1 saturated heterocycles. The maximum atomic E-state index is 11.5. The summed E-state index contributed by atoms with van der Waals surface area (Å²) < 4.78 is 5.12. The van der Waals surface area contributed by atoms with Gasteiger partial charge in [0.1, 0.15) is 12.6 Å². The first-order valence-electron chi connectivity index (χ1n) is 5.87. The lowest BCUT2D eigenvalue weighted by Gasteiger charge is -2.26. The van der Waals surface area contributed by atoms with E-state index in [2.05, 4.69) is 23.2 Å². The van der Waals surface area contributed by atoms with Crippen LogP contribution in [-0.2, 0) is 11.2 Å². The highest BCUT2D eigenvalue weighted by Crippen LogP contribution is 2.37. The highest BCUT2D eigenvalue weighted by molar-refractivity contribution is 5.86. The monoisotopic (exact) mass is 228 g/mol. The van der Waals surface area contributed by atoms with Crippen molar-refractivity contribution in [1.82, 2.24) is 9.88 Å². The lowest BCUT2D eigenvalue weighted by molar-refractivity contribution is 0.157. The maximum absolute atomic E-state index is 11.5. The summed E-state index contributed by atoms with van der Waals surface area (Å²) in [7, 11) is 0. The first kappa shape index (κ1) is 9.10. The van der Waals surface area contributed by atoms with Gasteiger partial charge in [-0.3, -0.25) is 4.90 Å². The van der Waals surface area contributed by atoms with Crippen molar-refractivity contribution in [2.24, 2.45) is 0 Å². The van der Waals surface area contributed by atoms with Gasteiger partial charge in [0.2, 0.25) is 0 Å². The predicted octanol–water partition coefficient (Wildman–Crippen LogP) is 2.22. The Balaban J connectivity index is 1.94. The highest BCUT2D eigenvalue weighted by atomic mass is 16.6. The molecule has 0 radical (unpaired) electrons. The van der Waals surface area contributed by atoms with E-state index in [0.717, 1.165) is 24.2 Å². The number of aromatic amines is 1. The van der Waals surface area contributed by atoms with E-state index in [1.54, 1.807) is 0 Å². The third kappa shape index (κ3) is 1.10. The van der Waals surface area contributed by atoms with Gasteiger partial charge >= 0.3 is 6.09 Å². The van der Waals surface area contributed by atoms with Crippen LogP contribution in [0.5, 0.6) is 0 Å². The van der Waals surface area contributed by atoms with Gasteiger partial charge in [0, 0.05) is 23.1 Å². The fraction of sp³-hybridized carbons (Fsp3) is 0.308. The zero-order valence-corrected chi connectivity index (χ0v) is 9.27. The molecular formula is C13H12N2O2. The number of rotatable bonds is 0. The van der Waals surface area contributed by atoms with E-state index in [1.807, 2.05) is 11.0 Å². The van der Waals surface area contributed by atoms with Gasteiger partial charge in [-0.25, -0.2) is 4.79 Å². The van der Waals surface area contributed by atoms with Crippen molar-refractivity contribution in [3.8, 4) is 0 Å². The van der Waals surface area contributed by atoms with E-state index in [4.69, 9.17) is 4.74 Å². The summed E-state index contributed by atoms with van der Waals surface area (Å²) >= 11 is 0. The molecule has 0 spiro atoms. The first-order valence-corrected chi connectivity index (χ1v) is 5.87. The molecule has 1 fully saturated rings. The lowest BCUT2D eigenvalue weighted by Crippen LogP contribution is -2.34. The number of hydrogen-bond donors (Lipinski definition) is 1. The number of cyclic esters (lactones) is 1. The van der Waals surface area contributed by atoms with Crippen LogP contribution >= 0.6 is 0 Å². The predicted molar refractivity (Wildman–Crippen MR) is 62.8 cm³/mol. The summed E-state index contributed by atoms with van der Waals surface area (Å²) in [6.45, 7) is 1.23. The number of H-pyrrole nitrogens is 1. The third-order valence-electron chi connectivity index (χ3n) is 3.76. The number of ether oxygens (including phenoxy) is 1. The molecule has 3 heterocycles. The minimum atomic E-state index is -0.181. The number of carbonyl (C=O) groups excluding carboxylic acids is 1. The summed E-state index contributed by atoms with van der Waals surface area (Å²) in [5.41, 5.74) is 3.65. The Morgan fingerprint density at radius 2 is 2.24 bits per heavy atom. The number of carbonyl (C=O) groups is 1. The van der Waals surface area contributed by atoms with Gasteiger partial charge in [0.25, 0.3) is 0 Å². The third-order valence-corrected chi connectivity index (χ3v) is 3.76. The van der Waals surface area contributed by atoms with E-state index in [1.165, 1.54) is 10.9 Å². The minimum Gasteiger partial charge on any atom is -0.447 e. The van der Waals surface area contributed by atoms with Gasteiger partial charge < -0.3 is 9.72 Å². The van der Waals surface area contributed by atoms with Crippen molar-refractivity contribution < 1.29 is 9.53 Å². The molecule has 1 aromatic heterocycles. The van der Waals surface area contributed by atoms with E-state index >= 15 is 0 Å². The Bertz CT molecular complexity index is 617. The molecule has 86 valence electrons. The number of nitrogens with zero attached hydrogens (tertiary/aromatic N) is 1. The number of fused-ring (bicyclic) bond motifs is 5. The molecule has 1 amide bonds. The number of aromatic nitrogens is 1. The molecule has 4 rings (SSSR count). The molecule has 0 unspecified atom stereocenters. The van der Waals surface area contributed by atoms with Crippen molar-refractivity contribution in [3.63, 3.8) is 0 Å². The fourth-order valence-electron chi connectivity index (χ4n) is 2.94. The molecule has 0 bridgehead atoms. The maximum Gasteiger partial charge on any atom is 0.410 e. The van der Waals surface area contributed by atoms with Crippen LogP contribution in [0.3, 0.4) is 0 Å². The van der Waals surface area contributed by atoms with Gasteiger partial charge in [-0.1, -0.05) is 18.2 Å². The summed E-state index contributed by atoms with van der Waals surface area (Å²) in [4.78, 5) is 16.8. The SMILES string of the molecule is O=C1OC[C@@H]2c3[nH]c4ccccc4c3CCN12. The molecular weight excluding hydrogens is 216 g/mol. The molecule has 1 aromatic carbocycles. The zero-order chi connectivity index (χ0) is 11.4. The number of para-hydroxylation sites is 1. The largest absolute Gasteiger partial charge is 0.447 e. The van der Waals surface area contributed by atoms with Gasteiger partial charge in [-0.15, -0.1) is 0 Å². The Morgan fingerprint density at radius 1 is 1.35 bits per heavy atom. The smallest absolute Gasteiger partial charge is 0.410 e. The minimum absolute atomic E-state index is 0.0821. The second-order valence-electron chi connectivity index (χ2n) is 4.60. The Kier molecular flexibility index (Phi) is 1.62. The number of amides is 1. The Morgan fingerprint density at radius 3 is 3.18 bits per heavy atom. The second-order valence-corrected chi connectivity index (χ2v) is 4.60. The molecule has 0 aliphatic carbocycles. The number of nitrogens with one attached hydrogen (secondary N) is 1. The second kappa shape index (κ2) is 3.03. The Labute approximate surface area is 98.2 Å². The van der Waals surface area contributed by atoms with E-state index in [9.17, 15) is 4.79 Å². The summed E-state index contributed by atoms with van der Waals surface area (Å²) in [5, 5.41) is 1.28. The summed E-state index contributed by atoms with van der Waals surface area (Å²) in [6.07, 6.45) is 0.726. The average molecular weight is 228 g/mol. The average Bonchev–Trinajstić information content (AvgIpc) is 2.90. The topological polar surface area (TPSA) is 45.3 Å². The van der Waals surface area contributed by atoms with Crippen LogP contribution in [0.4, 0.5) is 4.79 Å². The highest BCUT2D eigenvalue weighted by Gasteiger charge is 2.39. The van der Waals surface area contributed by atoms with Crippen LogP contribution in [0.25, 0.3) is 10.9 Å². The van der Waals surface area contributed by atoms with Crippen molar-refractivity contribution in [3.05, 3.63) is 35.5 Å². The molecule has 4 nitrogen and oxygen atoms in total.